The molecular formula is C21H23ClN6O. The van der Waals surface area contributed by atoms with E-state index in [1.165, 1.54) is 16.7 Å². The minimum Gasteiger partial charge on any atom is -0.470 e. The highest BCUT2D eigenvalue weighted by Gasteiger charge is 2.18. The molecule has 0 aliphatic carbocycles. The van der Waals surface area contributed by atoms with Gasteiger partial charge in [-0.1, -0.05) is 11.6 Å². The first-order valence-corrected chi connectivity index (χ1v) is 9.75. The summed E-state index contributed by atoms with van der Waals surface area (Å²) in [5.74, 6) is 0.748. The number of fused-ring (bicyclic) bond motifs is 1. The molecule has 3 aromatic rings. The van der Waals surface area contributed by atoms with Crippen molar-refractivity contribution in [3.8, 4) is 17.1 Å². The lowest BCUT2D eigenvalue weighted by molar-refractivity contribution is 0.295. The van der Waals surface area contributed by atoms with E-state index in [-0.39, 0.29) is 24.1 Å². The van der Waals surface area contributed by atoms with E-state index in [2.05, 4.69) is 46.0 Å². The molecule has 0 fully saturated rings. The number of aryl methyl sites for hydroxylation is 1. The third-order valence-electron chi connectivity index (χ3n) is 5.17. The van der Waals surface area contributed by atoms with Crippen molar-refractivity contribution < 1.29 is 4.74 Å². The largest absolute Gasteiger partial charge is 0.470 e. The predicted octanol–water partition coefficient (Wildman–Crippen LogP) is 3.23. The number of hydrogen-bond donors (Lipinski definition) is 2. The number of hydrogen-bond acceptors (Lipinski definition) is 7. The van der Waals surface area contributed by atoms with Crippen LogP contribution in [0, 0.1) is 6.92 Å². The van der Waals surface area contributed by atoms with Crippen molar-refractivity contribution in [3.63, 3.8) is 0 Å². The maximum absolute atomic E-state index is 6.18. The molecule has 0 radical (unpaired) electrons. The number of nitrogens with two attached hydrogens (primary N) is 2. The summed E-state index contributed by atoms with van der Waals surface area (Å²) < 4.78 is 5.81. The summed E-state index contributed by atoms with van der Waals surface area (Å²) in [4.78, 5) is 15.1. The first-order chi connectivity index (χ1) is 13.9. The van der Waals surface area contributed by atoms with E-state index < -0.39 is 0 Å². The molecule has 0 amide bonds. The highest BCUT2D eigenvalue weighted by atomic mass is 35.5. The minimum atomic E-state index is 0.169. The molecule has 1 aliphatic heterocycles. The number of rotatable bonds is 4. The molecule has 1 aliphatic rings. The van der Waals surface area contributed by atoms with Crippen LogP contribution in [0.4, 0.5) is 11.6 Å². The molecule has 0 spiro atoms. The summed E-state index contributed by atoms with van der Waals surface area (Å²) in [6.45, 7) is 4.32. The molecule has 2 aromatic heterocycles. The molecule has 3 heterocycles. The summed E-state index contributed by atoms with van der Waals surface area (Å²) >= 11 is 6.18. The fourth-order valence-corrected chi connectivity index (χ4v) is 3.76. The maximum atomic E-state index is 6.18. The smallest absolute Gasteiger partial charge is 0.258 e. The van der Waals surface area contributed by atoms with Crippen molar-refractivity contribution in [2.24, 2.45) is 0 Å². The van der Waals surface area contributed by atoms with Gasteiger partial charge >= 0.3 is 0 Å². The van der Waals surface area contributed by atoms with Gasteiger partial charge in [0.05, 0.1) is 16.9 Å². The molecule has 8 heteroatoms. The number of aromatic nitrogens is 3. The Morgan fingerprint density at radius 1 is 1.21 bits per heavy atom. The van der Waals surface area contributed by atoms with Gasteiger partial charge in [0.15, 0.2) is 5.82 Å². The summed E-state index contributed by atoms with van der Waals surface area (Å²) in [7, 11) is 2.14. The second-order valence-corrected chi connectivity index (χ2v) is 7.70. The van der Waals surface area contributed by atoms with Gasteiger partial charge in [0, 0.05) is 30.4 Å². The van der Waals surface area contributed by atoms with E-state index in [9.17, 15) is 0 Å². The normalized spacial score (nSPS) is 13.9. The van der Waals surface area contributed by atoms with Gasteiger partial charge in [0.25, 0.3) is 5.88 Å². The SMILES string of the molecule is Cc1cc(-c2cnc(N)c(OCc3ccnc(N)c3Cl)n2)cc2c1CCN(C)C2. The van der Waals surface area contributed by atoms with Gasteiger partial charge in [-0.2, -0.15) is 0 Å². The highest BCUT2D eigenvalue weighted by Crippen LogP contribution is 2.30. The van der Waals surface area contributed by atoms with Crippen molar-refractivity contribution >= 4 is 23.2 Å². The molecule has 0 unspecified atom stereocenters. The molecule has 0 saturated carbocycles. The average Bonchev–Trinajstić information content (AvgIpc) is 2.69. The van der Waals surface area contributed by atoms with Crippen LogP contribution in [0.1, 0.15) is 22.3 Å². The number of benzene rings is 1. The summed E-state index contributed by atoms with van der Waals surface area (Å²) in [6.07, 6.45) is 4.32. The van der Waals surface area contributed by atoms with E-state index in [1.807, 2.05) is 0 Å². The lowest BCUT2D eigenvalue weighted by Crippen LogP contribution is -2.27. The molecule has 29 heavy (non-hydrogen) atoms. The third kappa shape index (κ3) is 3.97. The zero-order valence-electron chi connectivity index (χ0n) is 16.4. The monoisotopic (exact) mass is 410 g/mol. The Morgan fingerprint density at radius 3 is 2.86 bits per heavy atom. The molecule has 0 bridgehead atoms. The second kappa shape index (κ2) is 7.85. The summed E-state index contributed by atoms with van der Waals surface area (Å²) in [5.41, 5.74) is 18.2. The predicted molar refractivity (Wildman–Crippen MR) is 115 cm³/mol. The Balaban J connectivity index is 1.63. The third-order valence-corrected chi connectivity index (χ3v) is 5.61. The average molecular weight is 411 g/mol. The summed E-state index contributed by atoms with van der Waals surface area (Å²) in [6, 6.07) is 6.08. The van der Waals surface area contributed by atoms with Gasteiger partial charge in [-0.05, 0) is 55.3 Å². The van der Waals surface area contributed by atoms with Crippen LogP contribution in [0.25, 0.3) is 11.3 Å². The number of anilines is 2. The van der Waals surface area contributed by atoms with Gasteiger partial charge < -0.3 is 21.1 Å². The van der Waals surface area contributed by atoms with Crippen LogP contribution in [0.5, 0.6) is 5.88 Å². The van der Waals surface area contributed by atoms with Crippen molar-refractivity contribution in [3.05, 3.63) is 57.9 Å². The number of nitrogen functional groups attached to an aromatic ring is 2. The Hall–Kier alpha value is -2.90. The number of pyridine rings is 1. The zero-order chi connectivity index (χ0) is 20.5. The van der Waals surface area contributed by atoms with E-state index in [0.717, 1.165) is 25.1 Å². The van der Waals surface area contributed by atoms with Crippen molar-refractivity contribution in [2.75, 3.05) is 25.1 Å². The highest BCUT2D eigenvalue weighted by molar-refractivity contribution is 6.33. The van der Waals surface area contributed by atoms with Crippen molar-refractivity contribution in [1.29, 1.82) is 0 Å². The van der Waals surface area contributed by atoms with Gasteiger partial charge in [-0.3, -0.25) is 0 Å². The lowest BCUT2D eigenvalue weighted by atomic mass is 9.92. The zero-order valence-corrected chi connectivity index (χ0v) is 17.2. The number of likely N-dealkylation sites (N-methyl/N-ethyl adjacent to an activating group) is 1. The Bertz CT molecular complexity index is 1070. The summed E-state index contributed by atoms with van der Waals surface area (Å²) in [5, 5.41) is 0.365. The van der Waals surface area contributed by atoms with Gasteiger partial charge in [-0.15, -0.1) is 0 Å². The quantitative estimate of drug-likeness (QED) is 0.680. The second-order valence-electron chi connectivity index (χ2n) is 7.32. The van der Waals surface area contributed by atoms with Crippen LogP contribution >= 0.6 is 11.6 Å². The van der Waals surface area contributed by atoms with E-state index in [4.69, 9.17) is 27.8 Å². The Morgan fingerprint density at radius 2 is 2.03 bits per heavy atom. The topological polar surface area (TPSA) is 103 Å². The maximum Gasteiger partial charge on any atom is 0.258 e. The molecular weight excluding hydrogens is 388 g/mol. The minimum absolute atomic E-state index is 0.169. The molecule has 4 N–H and O–H groups in total. The Kier molecular flexibility index (Phi) is 5.25. The standard InChI is InChI=1S/C21H23ClN6O/c1-12-7-14(8-15-10-28(2)6-4-16(12)15)17-9-26-20(24)21(27-17)29-11-13-3-5-25-19(23)18(13)22/h3,5,7-9H,4,6,10-11H2,1-2H3,(H2,23,25)(H2,24,26). The van der Waals surface area contributed by atoms with Gasteiger partial charge in [-0.25, -0.2) is 15.0 Å². The number of ether oxygens (including phenoxy) is 1. The molecule has 0 atom stereocenters. The van der Waals surface area contributed by atoms with Crippen molar-refractivity contribution in [2.45, 2.75) is 26.5 Å². The fourth-order valence-electron chi connectivity index (χ4n) is 3.60. The van der Waals surface area contributed by atoms with Crippen LogP contribution in [-0.2, 0) is 19.6 Å². The van der Waals surface area contributed by atoms with Crippen LogP contribution in [-0.4, -0.2) is 33.4 Å². The lowest BCUT2D eigenvalue weighted by Gasteiger charge is -2.27. The molecule has 150 valence electrons. The van der Waals surface area contributed by atoms with Crippen molar-refractivity contribution in [1.82, 2.24) is 19.9 Å². The van der Waals surface area contributed by atoms with Crippen LogP contribution in [0.15, 0.2) is 30.6 Å². The van der Waals surface area contributed by atoms with Gasteiger partial charge in [0.1, 0.15) is 12.4 Å². The molecule has 0 saturated heterocycles. The van der Waals surface area contributed by atoms with Crippen LogP contribution < -0.4 is 16.2 Å². The Labute approximate surface area is 174 Å². The van der Waals surface area contributed by atoms with E-state index >= 15 is 0 Å². The first kappa shape index (κ1) is 19.4. The van der Waals surface area contributed by atoms with Crippen LogP contribution in [0.2, 0.25) is 5.02 Å². The molecule has 4 rings (SSSR count). The fraction of sp³-hybridized carbons (Fsp3) is 0.286. The number of nitrogens with zero attached hydrogens (tertiary/aromatic N) is 4. The van der Waals surface area contributed by atoms with E-state index in [0.29, 0.717) is 16.3 Å². The first-order valence-electron chi connectivity index (χ1n) is 9.38. The van der Waals surface area contributed by atoms with Crippen LogP contribution in [0.3, 0.4) is 0 Å². The number of halogens is 1. The molecule has 7 nitrogen and oxygen atoms in total. The van der Waals surface area contributed by atoms with E-state index in [1.54, 1.807) is 18.5 Å². The molecule has 1 aromatic carbocycles. The van der Waals surface area contributed by atoms with Gasteiger partial charge in [0.2, 0.25) is 0 Å².